The van der Waals surface area contributed by atoms with Gasteiger partial charge in [-0.1, -0.05) is 59.4 Å². The number of allylic oxidation sites excluding steroid dienone is 2. The van der Waals surface area contributed by atoms with Gasteiger partial charge in [-0.15, -0.1) is 0 Å². The van der Waals surface area contributed by atoms with Crippen LogP contribution < -0.4 is 4.72 Å². The molecule has 0 aliphatic rings. The summed E-state index contributed by atoms with van der Waals surface area (Å²) in [7, 11) is -3.25. The predicted octanol–water partition coefficient (Wildman–Crippen LogP) is 4.14. The van der Waals surface area contributed by atoms with Crippen LogP contribution in [-0.4, -0.2) is 20.2 Å². The average molecular weight is 316 g/mol. The van der Waals surface area contributed by atoms with Gasteiger partial charge in [-0.05, 0) is 37.0 Å². The molecule has 0 aliphatic carbocycles. The van der Waals surface area contributed by atoms with Crippen molar-refractivity contribution in [3.8, 4) is 0 Å². The van der Waals surface area contributed by atoms with Gasteiger partial charge in [0.25, 0.3) is 0 Å². The molecule has 0 rings (SSSR count). The van der Waals surface area contributed by atoms with E-state index in [0.717, 1.165) is 6.42 Å². The van der Waals surface area contributed by atoms with E-state index in [2.05, 4.69) is 45.9 Å². The summed E-state index contributed by atoms with van der Waals surface area (Å²) in [4.78, 5) is 0. The Balaban J connectivity index is 5.31. The average Bonchev–Trinajstić information content (AvgIpc) is 2.24. The van der Waals surface area contributed by atoms with Gasteiger partial charge >= 0.3 is 0 Å². The van der Waals surface area contributed by atoms with E-state index in [1.807, 2.05) is 19.1 Å². The van der Waals surface area contributed by atoms with Crippen molar-refractivity contribution in [2.24, 2.45) is 17.3 Å². The van der Waals surface area contributed by atoms with Gasteiger partial charge in [0, 0.05) is 5.54 Å². The van der Waals surface area contributed by atoms with Gasteiger partial charge in [-0.25, -0.2) is 13.1 Å². The molecule has 0 saturated carbocycles. The van der Waals surface area contributed by atoms with E-state index in [1.165, 1.54) is 6.26 Å². The smallest absolute Gasteiger partial charge is 0.209 e. The fourth-order valence-corrected chi connectivity index (χ4v) is 4.14. The van der Waals surface area contributed by atoms with E-state index in [9.17, 15) is 8.42 Å². The largest absolute Gasteiger partial charge is 0.213 e. The Labute approximate surface area is 132 Å². The molecule has 2 atom stereocenters. The molecule has 3 nitrogen and oxygen atoms in total. The zero-order chi connectivity index (χ0) is 16.9. The Bertz CT molecular complexity index is 463. The van der Waals surface area contributed by atoms with Crippen LogP contribution in [0.5, 0.6) is 0 Å². The van der Waals surface area contributed by atoms with Gasteiger partial charge in [0.1, 0.15) is 0 Å². The third-order valence-corrected chi connectivity index (χ3v) is 5.21. The van der Waals surface area contributed by atoms with Gasteiger partial charge in [-0.2, -0.15) is 0 Å². The first-order valence-corrected chi connectivity index (χ1v) is 9.49. The summed E-state index contributed by atoms with van der Waals surface area (Å²) in [5.74, 6) is 1.06. The maximum Gasteiger partial charge on any atom is 0.209 e. The normalized spacial score (nSPS) is 17.9. The second kappa shape index (κ2) is 7.59. The summed E-state index contributed by atoms with van der Waals surface area (Å²) in [6.07, 6.45) is 8.21. The Hall–Kier alpha value is -0.610. The third-order valence-electron chi connectivity index (χ3n) is 4.35. The molecule has 0 aromatic rings. The van der Waals surface area contributed by atoms with Crippen molar-refractivity contribution in [1.29, 1.82) is 0 Å². The van der Waals surface area contributed by atoms with Gasteiger partial charge < -0.3 is 0 Å². The highest BCUT2D eigenvalue weighted by molar-refractivity contribution is 7.88. The van der Waals surface area contributed by atoms with Crippen molar-refractivity contribution in [3.05, 3.63) is 24.8 Å². The van der Waals surface area contributed by atoms with Crippen molar-refractivity contribution in [1.82, 2.24) is 4.72 Å². The first kappa shape index (κ1) is 20.4. The minimum absolute atomic E-state index is 0.0443. The standard InChI is InChI=1S/C17H33NO2S/c1-9-10-11-12-17(7,18-21(8,19)20)13-16(5,6)15(4)14(2)3/h9-11,14-15,18H,1,12-13H2,2-8H3/b11-10+. The van der Waals surface area contributed by atoms with E-state index in [1.54, 1.807) is 6.08 Å². The monoisotopic (exact) mass is 315 g/mol. The van der Waals surface area contributed by atoms with Crippen LogP contribution in [0.2, 0.25) is 0 Å². The fraction of sp³-hybridized carbons (Fsp3) is 0.765. The van der Waals surface area contributed by atoms with E-state index in [4.69, 9.17) is 0 Å². The molecule has 0 aliphatic heterocycles. The lowest BCUT2D eigenvalue weighted by atomic mass is 9.67. The summed E-state index contributed by atoms with van der Waals surface area (Å²) in [5, 5.41) is 0. The first-order valence-electron chi connectivity index (χ1n) is 7.59. The summed E-state index contributed by atoms with van der Waals surface area (Å²) in [5.41, 5.74) is -0.442. The SMILES string of the molecule is C=C/C=C/CC(C)(CC(C)(C)C(C)C(C)C)NS(C)(=O)=O. The fourth-order valence-electron chi connectivity index (χ4n) is 3.09. The van der Waals surface area contributed by atoms with Crippen molar-refractivity contribution in [2.75, 3.05) is 6.26 Å². The van der Waals surface area contributed by atoms with Crippen LogP contribution in [0.1, 0.15) is 54.4 Å². The van der Waals surface area contributed by atoms with Crippen molar-refractivity contribution < 1.29 is 8.42 Å². The second-order valence-electron chi connectivity index (χ2n) is 7.50. The lowest BCUT2D eigenvalue weighted by Crippen LogP contribution is -2.49. The highest BCUT2D eigenvalue weighted by Gasteiger charge is 2.37. The molecule has 1 N–H and O–H groups in total. The lowest BCUT2D eigenvalue weighted by Gasteiger charge is -2.42. The molecule has 0 bridgehead atoms. The molecule has 0 radical (unpaired) electrons. The number of hydrogen-bond donors (Lipinski definition) is 1. The molecule has 124 valence electrons. The van der Waals surface area contributed by atoms with Gasteiger partial charge in [0.2, 0.25) is 10.0 Å². The first-order chi connectivity index (χ1) is 9.33. The topological polar surface area (TPSA) is 46.2 Å². The predicted molar refractivity (Wildman–Crippen MR) is 92.7 cm³/mol. The van der Waals surface area contributed by atoms with Crippen LogP contribution in [0.4, 0.5) is 0 Å². The number of rotatable bonds is 9. The molecule has 0 spiro atoms. The Morgan fingerprint density at radius 2 is 1.71 bits per heavy atom. The Morgan fingerprint density at radius 1 is 1.19 bits per heavy atom. The van der Waals surface area contributed by atoms with E-state index >= 15 is 0 Å². The van der Waals surface area contributed by atoms with Crippen LogP contribution in [0.25, 0.3) is 0 Å². The summed E-state index contributed by atoms with van der Waals surface area (Å²) < 4.78 is 26.3. The molecule has 0 aromatic carbocycles. The molecular formula is C17H33NO2S. The van der Waals surface area contributed by atoms with E-state index in [0.29, 0.717) is 18.3 Å². The highest BCUT2D eigenvalue weighted by Crippen LogP contribution is 2.40. The summed E-state index contributed by atoms with van der Waals surface area (Å²) in [6.45, 7) is 16.7. The minimum atomic E-state index is -3.25. The molecule has 21 heavy (non-hydrogen) atoms. The van der Waals surface area contributed by atoms with Crippen LogP contribution in [0.15, 0.2) is 24.8 Å². The van der Waals surface area contributed by atoms with Crippen LogP contribution in [0.3, 0.4) is 0 Å². The Morgan fingerprint density at radius 3 is 2.10 bits per heavy atom. The summed E-state index contributed by atoms with van der Waals surface area (Å²) >= 11 is 0. The molecule has 4 heteroatoms. The highest BCUT2D eigenvalue weighted by atomic mass is 32.2. The van der Waals surface area contributed by atoms with E-state index in [-0.39, 0.29) is 5.41 Å². The van der Waals surface area contributed by atoms with Crippen molar-refractivity contribution in [2.45, 2.75) is 59.9 Å². The molecule has 2 unspecified atom stereocenters. The lowest BCUT2D eigenvalue weighted by molar-refractivity contribution is 0.121. The molecule has 0 aromatic heterocycles. The van der Waals surface area contributed by atoms with E-state index < -0.39 is 15.6 Å². The zero-order valence-corrected chi connectivity index (χ0v) is 15.5. The van der Waals surface area contributed by atoms with Crippen molar-refractivity contribution >= 4 is 10.0 Å². The maximum absolute atomic E-state index is 11.7. The van der Waals surface area contributed by atoms with Gasteiger partial charge in [0.15, 0.2) is 0 Å². The van der Waals surface area contributed by atoms with Gasteiger partial charge in [-0.3, -0.25) is 0 Å². The van der Waals surface area contributed by atoms with Crippen LogP contribution in [-0.2, 0) is 10.0 Å². The Kier molecular flexibility index (Phi) is 7.37. The number of hydrogen-bond acceptors (Lipinski definition) is 2. The zero-order valence-electron chi connectivity index (χ0n) is 14.7. The minimum Gasteiger partial charge on any atom is -0.213 e. The van der Waals surface area contributed by atoms with Crippen molar-refractivity contribution in [3.63, 3.8) is 0 Å². The van der Waals surface area contributed by atoms with Crippen LogP contribution >= 0.6 is 0 Å². The quantitative estimate of drug-likeness (QED) is 0.650. The van der Waals surface area contributed by atoms with Crippen LogP contribution in [0, 0.1) is 17.3 Å². The number of nitrogens with one attached hydrogen (secondary N) is 1. The summed E-state index contributed by atoms with van der Waals surface area (Å²) in [6, 6.07) is 0. The molecule has 0 fully saturated rings. The molecule has 0 saturated heterocycles. The second-order valence-corrected chi connectivity index (χ2v) is 9.25. The number of sulfonamides is 1. The third kappa shape index (κ3) is 7.82. The maximum atomic E-state index is 11.7. The molecular weight excluding hydrogens is 282 g/mol. The van der Waals surface area contributed by atoms with Gasteiger partial charge in [0.05, 0.1) is 6.26 Å². The molecule has 0 heterocycles. The molecule has 0 amide bonds.